The summed E-state index contributed by atoms with van der Waals surface area (Å²) in [7, 11) is 1.25. The van der Waals surface area contributed by atoms with Crippen LogP contribution in [-0.4, -0.2) is 24.0 Å². The summed E-state index contributed by atoms with van der Waals surface area (Å²) in [5.41, 5.74) is 0.490. The Bertz CT molecular complexity index is 578. The molecule has 6 nitrogen and oxygen atoms in total. The number of benzene rings is 1. The fourth-order valence-corrected chi connectivity index (χ4v) is 1.93. The Morgan fingerprint density at radius 2 is 1.95 bits per heavy atom. The van der Waals surface area contributed by atoms with Gasteiger partial charge in [-0.25, -0.2) is 0 Å². The third kappa shape index (κ3) is 3.09. The number of allylic oxidation sites excluding steroid dienone is 2. The highest BCUT2D eigenvalue weighted by Gasteiger charge is 2.32. The predicted molar refractivity (Wildman–Crippen MR) is 70.4 cm³/mol. The summed E-state index contributed by atoms with van der Waals surface area (Å²) in [5.74, 6) is -1.80. The van der Waals surface area contributed by atoms with Gasteiger partial charge in [-0.2, -0.15) is 5.11 Å². The molecular weight excluding hydrogens is 260 g/mol. The molecule has 1 aliphatic carbocycles. The lowest BCUT2D eigenvalue weighted by molar-refractivity contribution is -0.147. The number of aliphatic hydroxyl groups is 1. The van der Waals surface area contributed by atoms with Crippen molar-refractivity contribution in [3.05, 3.63) is 41.8 Å². The maximum atomic E-state index is 11.9. The third-order valence-electron chi connectivity index (χ3n) is 2.97. The van der Waals surface area contributed by atoms with Crippen molar-refractivity contribution in [3.8, 4) is 0 Å². The molecule has 0 spiro atoms. The van der Waals surface area contributed by atoms with Crippen molar-refractivity contribution in [1.29, 1.82) is 0 Å². The summed E-state index contributed by atoms with van der Waals surface area (Å²) in [6.45, 7) is 0. The summed E-state index contributed by atoms with van der Waals surface area (Å²) in [5, 5.41) is 17.5. The van der Waals surface area contributed by atoms with Crippen LogP contribution in [-0.2, 0) is 14.3 Å². The normalized spacial score (nSPS) is 19.4. The van der Waals surface area contributed by atoms with E-state index in [1.54, 1.807) is 24.3 Å². The van der Waals surface area contributed by atoms with E-state index in [0.717, 1.165) is 0 Å². The minimum Gasteiger partial charge on any atom is -0.510 e. The molecule has 0 saturated carbocycles. The molecule has 6 heteroatoms. The summed E-state index contributed by atoms with van der Waals surface area (Å²) >= 11 is 0. The van der Waals surface area contributed by atoms with E-state index in [4.69, 9.17) is 0 Å². The van der Waals surface area contributed by atoms with Crippen LogP contribution in [0, 0.1) is 5.92 Å². The Labute approximate surface area is 115 Å². The number of rotatable bonds is 3. The van der Waals surface area contributed by atoms with Gasteiger partial charge >= 0.3 is 5.97 Å². The molecule has 20 heavy (non-hydrogen) atoms. The minimum absolute atomic E-state index is 0.0279. The molecule has 1 unspecified atom stereocenters. The maximum absolute atomic E-state index is 11.9. The zero-order valence-electron chi connectivity index (χ0n) is 10.9. The largest absolute Gasteiger partial charge is 0.510 e. The van der Waals surface area contributed by atoms with Gasteiger partial charge in [-0.15, -0.1) is 5.11 Å². The molecule has 0 bridgehead atoms. The molecule has 1 atom stereocenters. The highest BCUT2D eigenvalue weighted by molar-refractivity contribution is 5.98. The van der Waals surface area contributed by atoms with E-state index < -0.39 is 17.7 Å². The van der Waals surface area contributed by atoms with Crippen molar-refractivity contribution in [2.75, 3.05) is 7.11 Å². The molecule has 1 N–H and O–H groups in total. The molecule has 0 saturated heterocycles. The van der Waals surface area contributed by atoms with Crippen molar-refractivity contribution in [3.63, 3.8) is 0 Å². The first-order valence-electron chi connectivity index (χ1n) is 6.11. The summed E-state index contributed by atoms with van der Waals surface area (Å²) in [4.78, 5) is 23.3. The first-order valence-corrected chi connectivity index (χ1v) is 6.11. The molecule has 0 aromatic heterocycles. The number of ether oxygens (including phenoxy) is 1. The molecule has 1 aromatic rings. The monoisotopic (exact) mass is 274 g/mol. The summed E-state index contributed by atoms with van der Waals surface area (Å²) in [6.07, 6.45) is 0.0153. The van der Waals surface area contributed by atoms with Crippen molar-refractivity contribution in [2.24, 2.45) is 16.1 Å². The van der Waals surface area contributed by atoms with Crippen LogP contribution in [0.2, 0.25) is 0 Å². The van der Waals surface area contributed by atoms with Crippen molar-refractivity contribution < 1.29 is 19.4 Å². The second-order valence-corrected chi connectivity index (χ2v) is 4.38. The second-order valence-electron chi connectivity index (χ2n) is 4.38. The molecule has 0 fully saturated rings. The number of carbonyl (C=O) groups excluding carboxylic acids is 2. The number of hydrogen-bond acceptors (Lipinski definition) is 6. The van der Waals surface area contributed by atoms with Gasteiger partial charge in [-0.3, -0.25) is 9.59 Å². The van der Waals surface area contributed by atoms with Gasteiger partial charge in [0.1, 0.15) is 5.76 Å². The van der Waals surface area contributed by atoms with Gasteiger partial charge in [-0.05, 0) is 12.1 Å². The van der Waals surface area contributed by atoms with Gasteiger partial charge in [0.2, 0.25) is 0 Å². The first kappa shape index (κ1) is 13.9. The van der Waals surface area contributed by atoms with Crippen molar-refractivity contribution in [1.82, 2.24) is 0 Å². The van der Waals surface area contributed by atoms with Crippen LogP contribution in [0.1, 0.15) is 12.8 Å². The molecule has 1 aromatic carbocycles. The van der Waals surface area contributed by atoms with E-state index in [0.29, 0.717) is 5.69 Å². The van der Waals surface area contributed by atoms with Crippen LogP contribution < -0.4 is 0 Å². The number of nitrogens with zero attached hydrogens (tertiary/aromatic N) is 2. The molecule has 0 amide bonds. The Balaban J connectivity index is 2.18. The molecule has 1 aliphatic rings. The van der Waals surface area contributed by atoms with Crippen LogP contribution in [0.3, 0.4) is 0 Å². The van der Waals surface area contributed by atoms with E-state index in [1.165, 1.54) is 7.11 Å². The lowest BCUT2D eigenvalue weighted by Crippen LogP contribution is -2.25. The highest BCUT2D eigenvalue weighted by atomic mass is 16.5. The van der Waals surface area contributed by atoms with Crippen molar-refractivity contribution >= 4 is 17.4 Å². The average Bonchev–Trinajstić information content (AvgIpc) is 2.46. The number of azo groups is 1. The Hall–Kier alpha value is -2.50. The summed E-state index contributed by atoms with van der Waals surface area (Å²) in [6, 6.07) is 8.87. The van der Waals surface area contributed by atoms with Gasteiger partial charge in [0.15, 0.2) is 11.5 Å². The lowest BCUT2D eigenvalue weighted by atomic mass is 9.90. The number of hydrogen-bond donors (Lipinski definition) is 1. The maximum Gasteiger partial charge on any atom is 0.309 e. The van der Waals surface area contributed by atoms with Gasteiger partial charge < -0.3 is 9.84 Å². The van der Waals surface area contributed by atoms with Gasteiger partial charge in [-0.1, -0.05) is 18.2 Å². The molecular formula is C14H14N2O4. The lowest BCUT2D eigenvalue weighted by Gasteiger charge is -2.18. The van der Waals surface area contributed by atoms with E-state index in [-0.39, 0.29) is 24.3 Å². The Morgan fingerprint density at radius 1 is 1.25 bits per heavy atom. The number of carbonyl (C=O) groups is 2. The Morgan fingerprint density at radius 3 is 2.55 bits per heavy atom. The molecule has 0 heterocycles. The molecule has 2 rings (SSSR count). The smallest absolute Gasteiger partial charge is 0.309 e. The van der Waals surface area contributed by atoms with Crippen LogP contribution in [0.4, 0.5) is 5.69 Å². The fourth-order valence-electron chi connectivity index (χ4n) is 1.93. The molecule has 104 valence electrons. The minimum atomic E-state index is -0.650. The number of esters is 1. The van der Waals surface area contributed by atoms with Gasteiger partial charge in [0.25, 0.3) is 0 Å². The van der Waals surface area contributed by atoms with Crippen LogP contribution >= 0.6 is 0 Å². The zero-order chi connectivity index (χ0) is 14.5. The predicted octanol–water partition coefficient (Wildman–Crippen LogP) is 2.69. The van der Waals surface area contributed by atoms with Crippen LogP contribution in [0.5, 0.6) is 0 Å². The number of ketones is 1. The van der Waals surface area contributed by atoms with Gasteiger partial charge in [0, 0.05) is 12.8 Å². The highest BCUT2D eigenvalue weighted by Crippen LogP contribution is 2.28. The SMILES string of the molecule is COC(=O)C1CC(=O)C(/N=N/c2ccccc2)=C(O)C1. The summed E-state index contributed by atoms with van der Waals surface area (Å²) < 4.78 is 4.57. The average molecular weight is 274 g/mol. The number of methoxy groups -OCH3 is 1. The van der Waals surface area contributed by atoms with Crippen LogP contribution in [0.15, 0.2) is 52.0 Å². The quantitative estimate of drug-likeness (QED) is 0.678. The standard InChI is InChI=1S/C14H14N2O4/c1-20-14(19)9-7-11(17)13(12(18)8-9)16-15-10-5-3-2-4-6-10/h2-6,9,17H,7-8H2,1H3/b16-15+. The number of Topliss-reactive ketones (excluding diaryl/α,β-unsaturated/α-hetero) is 1. The van der Waals surface area contributed by atoms with E-state index in [2.05, 4.69) is 15.0 Å². The second kappa shape index (κ2) is 6.10. The van der Waals surface area contributed by atoms with E-state index in [1.807, 2.05) is 6.07 Å². The fraction of sp³-hybridized carbons (Fsp3) is 0.286. The topological polar surface area (TPSA) is 88.3 Å². The third-order valence-corrected chi connectivity index (χ3v) is 2.97. The van der Waals surface area contributed by atoms with Crippen molar-refractivity contribution in [2.45, 2.75) is 12.8 Å². The van der Waals surface area contributed by atoms with E-state index >= 15 is 0 Å². The van der Waals surface area contributed by atoms with Gasteiger partial charge in [0.05, 0.1) is 18.7 Å². The van der Waals surface area contributed by atoms with E-state index in [9.17, 15) is 14.7 Å². The van der Waals surface area contributed by atoms with Crippen LogP contribution in [0.25, 0.3) is 0 Å². The molecule has 0 aliphatic heterocycles. The molecule has 0 radical (unpaired) electrons. The first-order chi connectivity index (χ1) is 9.61. The Kier molecular flexibility index (Phi) is 4.24. The zero-order valence-corrected chi connectivity index (χ0v) is 10.9. The number of aliphatic hydroxyl groups excluding tert-OH is 1.